The van der Waals surface area contributed by atoms with Gasteiger partial charge < -0.3 is 0 Å². The van der Waals surface area contributed by atoms with Gasteiger partial charge in [-0.25, -0.2) is 13.6 Å². The highest BCUT2D eigenvalue weighted by Crippen LogP contribution is 2.21. The molecular formula is C8H11NO4PS+. The average molecular weight is 248 g/mol. The molecule has 0 aliphatic rings. The lowest BCUT2D eigenvalue weighted by atomic mass is 10.4. The van der Waals surface area contributed by atoms with E-state index < -0.39 is 18.1 Å². The van der Waals surface area contributed by atoms with E-state index >= 15 is 0 Å². The maximum absolute atomic E-state index is 11.4. The molecule has 0 saturated heterocycles. The molecule has 1 rings (SSSR count). The first-order valence-corrected chi connectivity index (χ1v) is 6.90. The van der Waals surface area contributed by atoms with Gasteiger partial charge in [0.2, 0.25) is 15.3 Å². The Balaban J connectivity index is 2.96. The van der Waals surface area contributed by atoms with E-state index in [1.54, 1.807) is 6.92 Å². The molecule has 15 heavy (non-hydrogen) atoms. The van der Waals surface area contributed by atoms with Crippen molar-refractivity contribution in [1.82, 2.24) is 0 Å². The molecule has 1 aromatic carbocycles. The van der Waals surface area contributed by atoms with Crippen LogP contribution in [0.1, 0.15) is 6.92 Å². The maximum atomic E-state index is 11.4. The van der Waals surface area contributed by atoms with Crippen LogP contribution in [0.4, 0.5) is 0 Å². The largest absolute Gasteiger partial charge is 0.548 e. The number of hydrogen-bond acceptors (Lipinski definition) is 4. The molecule has 0 bridgehead atoms. The first-order chi connectivity index (χ1) is 6.95. The van der Waals surface area contributed by atoms with E-state index in [0.29, 0.717) is 11.9 Å². The molecule has 0 radical (unpaired) electrons. The fourth-order valence-corrected chi connectivity index (χ4v) is 2.24. The first kappa shape index (κ1) is 12.3. The van der Waals surface area contributed by atoms with E-state index in [2.05, 4.69) is 0 Å². The van der Waals surface area contributed by atoms with Crippen molar-refractivity contribution in [3.8, 4) is 0 Å². The average Bonchev–Trinajstić information content (AvgIpc) is 2.17. The highest BCUT2D eigenvalue weighted by Gasteiger charge is 2.21. The Morgan fingerprint density at radius 1 is 1.33 bits per heavy atom. The highest BCUT2D eigenvalue weighted by atomic mass is 32.2. The summed E-state index contributed by atoms with van der Waals surface area (Å²) in [5.74, 6) is 0. The zero-order valence-electron chi connectivity index (χ0n) is 8.08. The third-order valence-electron chi connectivity index (χ3n) is 1.62. The fraction of sp³-hybridized carbons (Fsp3) is 0.250. The maximum Gasteiger partial charge on any atom is 0.548 e. The number of sulfonamides is 1. The van der Waals surface area contributed by atoms with Crippen LogP contribution in [0, 0.1) is 0 Å². The van der Waals surface area contributed by atoms with Crippen LogP contribution in [0.15, 0.2) is 29.2 Å². The van der Waals surface area contributed by atoms with E-state index in [4.69, 9.17) is 9.66 Å². The highest BCUT2D eigenvalue weighted by molar-refractivity contribution is 7.89. The molecule has 0 fully saturated rings. The predicted octanol–water partition coefficient (Wildman–Crippen LogP) is 0.738. The second-order valence-corrected chi connectivity index (χ2v) is 5.56. The number of nitrogens with two attached hydrogens (primary N) is 1. The standard InChI is InChI=1S/C8H11NO4PS/c1-2-13-14(10)7-3-5-8(6-4-7)15(9,11)12/h3-6H,2H2,1H3,(H2,9,11,12)/q+1. The molecule has 0 aliphatic heterocycles. The number of primary sulfonamides is 1. The van der Waals surface area contributed by atoms with Gasteiger partial charge in [0.15, 0.2) is 0 Å². The van der Waals surface area contributed by atoms with Gasteiger partial charge in [0.1, 0.15) is 6.61 Å². The summed E-state index contributed by atoms with van der Waals surface area (Å²) in [5, 5.41) is 5.35. The third-order valence-corrected chi connectivity index (χ3v) is 3.76. The minimum absolute atomic E-state index is 0.00820. The van der Waals surface area contributed by atoms with Crippen molar-refractivity contribution >= 4 is 23.4 Å². The fourth-order valence-electron chi connectivity index (χ4n) is 0.949. The van der Waals surface area contributed by atoms with Crippen LogP contribution in [0.25, 0.3) is 0 Å². The van der Waals surface area contributed by atoms with E-state index in [1.165, 1.54) is 24.3 Å². The Labute approximate surface area is 89.2 Å². The van der Waals surface area contributed by atoms with Gasteiger partial charge >= 0.3 is 8.03 Å². The zero-order valence-corrected chi connectivity index (χ0v) is 9.79. The Morgan fingerprint density at radius 2 is 1.87 bits per heavy atom. The summed E-state index contributed by atoms with van der Waals surface area (Å²) in [6.07, 6.45) is 0. The van der Waals surface area contributed by atoms with Gasteiger partial charge in [0.25, 0.3) is 0 Å². The second kappa shape index (κ2) is 4.81. The minimum atomic E-state index is -3.69. The lowest BCUT2D eigenvalue weighted by Gasteiger charge is -1.95. The third kappa shape index (κ3) is 3.35. The SMILES string of the molecule is CCO[P+](=O)c1ccc(S(N)(=O)=O)cc1. The normalized spacial score (nSPS) is 12.5. The molecule has 0 aliphatic carbocycles. The summed E-state index contributed by atoms with van der Waals surface area (Å²) >= 11 is 0. The van der Waals surface area contributed by atoms with Crippen molar-refractivity contribution in [2.75, 3.05) is 6.61 Å². The molecule has 1 unspecified atom stereocenters. The Morgan fingerprint density at radius 3 is 2.27 bits per heavy atom. The van der Waals surface area contributed by atoms with E-state index in [1.807, 2.05) is 0 Å². The van der Waals surface area contributed by atoms with Gasteiger partial charge in [-0.15, -0.1) is 4.52 Å². The lowest BCUT2D eigenvalue weighted by molar-refractivity contribution is 0.357. The van der Waals surface area contributed by atoms with Crippen molar-refractivity contribution in [3.05, 3.63) is 24.3 Å². The Kier molecular flexibility index (Phi) is 3.93. The van der Waals surface area contributed by atoms with Gasteiger partial charge in [-0.3, -0.25) is 0 Å². The molecular weight excluding hydrogens is 237 g/mol. The molecule has 0 heterocycles. The van der Waals surface area contributed by atoms with Crippen molar-refractivity contribution in [2.24, 2.45) is 5.14 Å². The number of rotatable bonds is 4. The van der Waals surface area contributed by atoms with Crippen LogP contribution >= 0.6 is 8.03 Å². The smallest absolute Gasteiger partial charge is 0.225 e. The molecule has 0 aromatic heterocycles. The monoisotopic (exact) mass is 248 g/mol. The molecule has 0 spiro atoms. The number of hydrogen-bond donors (Lipinski definition) is 1. The van der Waals surface area contributed by atoms with Crippen LogP contribution in [-0.2, 0) is 19.1 Å². The van der Waals surface area contributed by atoms with Crippen molar-refractivity contribution < 1.29 is 17.5 Å². The molecule has 1 aromatic rings. The topological polar surface area (TPSA) is 86.5 Å². The van der Waals surface area contributed by atoms with E-state index in [9.17, 15) is 13.0 Å². The Hall–Kier alpha value is -0.810. The molecule has 0 amide bonds. The van der Waals surface area contributed by atoms with E-state index in [0.717, 1.165) is 0 Å². The Bertz CT molecular complexity index is 454. The van der Waals surface area contributed by atoms with Gasteiger partial charge in [-0.2, -0.15) is 0 Å². The van der Waals surface area contributed by atoms with Crippen LogP contribution in [0.3, 0.4) is 0 Å². The van der Waals surface area contributed by atoms with Gasteiger partial charge in [0, 0.05) is 0 Å². The first-order valence-electron chi connectivity index (χ1n) is 4.18. The van der Waals surface area contributed by atoms with Crippen LogP contribution in [-0.4, -0.2) is 15.0 Å². The molecule has 2 N–H and O–H groups in total. The summed E-state index contributed by atoms with van der Waals surface area (Å²) in [6, 6.07) is 5.45. The molecule has 7 heteroatoms. The van der Waals surface area contributed by atoms with Crippen molar-refractivity contribution in [2.45, 2.75) is 11.8 Å². The van der Waals surface area contributed by atoms with Gasteiger partial charge in [-0.05, 0) is 35.8 Å². The lowest BCUT2D eigenvalue weighted by Crippen LogP contribution is -2.12. The van der Waals surface area contributed by atoms with Crippen LogP contribution < -0.4 is 10.4 Å². The quantitative estimate of drug-likeness (QED) is 0.796. The molecule has 82 valence electrons. The molecule has 5 nitrogen and oxygen atoms in total. The van der Waals surface area contributed by atoms with Crippen LogP contribution in [0.5, 0.6) is 0 Å². The summed E-state index contributed by atoms with van der Waals surface area (Å²) in [7, 11) is -5.60. The van der Waals surface area contributed by atoms with Gasteiger partial charge in [-0.1, -0.05) is 0 Å². The summed E-state index contributed by atoms with van der Waals surface area (Å²) in [5.41, 5.74) is 0. The molecule has 0 saturated carbocycles. The van der Waals surface area contributed by atoms with Crippen molar-refractivity contribution in [1.29, 1.82) is 0 Å². The second-order valence-electron chi connectivity index (χ2n) is 2.71. The number of benzene rings is 1. The van der Waals surface area contributed by atoms with Crippen LogP contribution in [0.2, 0.25) is 0 Å². The van der Waals surface area contributed by atoms with E-state index in [-0.39, 0.29) is 4.90 Å². The summed E-state index contributed by atoms with van der Waals surface area (Å²) in [4.78, 5) is -0.00820. The summed E-state index contributed by atoms with van der Waals surface area (Å²) < 4.78 is 38.1. The van der Waals surface area contributed by atoms with Crippen molar-refractivity contribution in [3.63, 3.8) is 0 Å². The zero-order chi connectivity index (χ0) is 11.5. The van der Waals surface area contributed by atoms with Gasteiger partial charge in [0.05, 0.1) is 4.90 Å². The minimum Gasteiger partial charge on any atom is -0.225 e. The molecule has 1 atom stereocenters. The predicted molar refractivity (Wildman–Crippen MR) is 56.7 cm³/mol. The summed E-state index contributed by atoms with van der Waals surface area (Å²) in [6.45, 7) is 2.07.